The maximum Gasteiger partial charge on any atom is 0.242 e. The minimum absolute atomic E-state index is 0.0172. The molecule has 1 aliphatic carbocycles. The molecule has 0 spiro atoms. The highest BCUT2D eigenvalue weighted by Gasteiger charge is 2.30. The third kappa shape index (κ3) is 3.26. The van der Waals surface area contributed by atoms with Gasteiger partial charge >= 0.3 is 0 Å². The summed E-state index contributed by atoms with van der Waals surface area (Å²) in [6.07, 6.45) is 2.13. The molecule has 6 nitrogen and oxygen atoms in total. The van der Waals surface area contributed by atoms with Crippen LogP contribution in [0, 0.1) is 5.92 Å². The Morgan fingerprint density at radius 2 is 1.90 bits per heavy atom. The zero-order valence-corrected chi connectivity index (χ0v) is 12.9. The van der Waals surface area contributed by atoms with Gasteiger partial charge in [0.2, 0.25) is 10.0 Å². The molecule has 1 aromatic carbocycles. The average molecular weight is 333 g/mol. The Morgan fingerprint density at radius 1 is 1.29 bits per heavy atom. The van der Waals surface area contributed by atoms with Crippen LogP contribution in [0.3, 0.4) is 0 Å². The summed E-state index contributed by atoms with van der Waals surface area (Å²) in [5.74, 6) is 1.26. The normalized spacial score (nSPS) is 19.3. The van der Waals surface area contributed by atoms with Crippen LogP contribution in [-0.4, -0.2) is 34.2 Å². The highest BCUT2D eigenvalue weighted by molar-refractivity contribution is 7.89. The fourth-order valence-electron chi connectivity index (χ4n) is 2.23. The van der Waals surface area contributed by atoms with Crippen LogP contribution in [0.5, 0.6) is 11.5 Å². The molecule has 1 heterocycles. The SMILES string of the molecule is NC(CNS(=O)(=O)c1cc2c(cc1Cl)OCCO2)C1CC1. The first-order valence-corrected chi connectivity index (χ1v) is 8.68. The number of sulfonamides is 1. The summed E-state index contributed by atoms with van der Waals surface area (Å²) >= 11 is 6.05. The van der Waals surface area contributed by atoms with Gasteiger partial charge in [-0.3, -0.25) is 0 Å². The van der Waals surface area contributed by atoms with E-state index >= 15 is 0 Å². The van der Waals surface area contributed by atoms with Gasteiger partial charge in [0.05, 0.1) is 5.02 Å². The van der Waals surface area contributed by atoms with Gasteiger partial charge in [0.25, 0.3) is 0 Å². The van der Waals surface area contributed by atoms with Crippen molar-refractivity contribution in [3.05, 3.63) is 17.2 Å². The monoisotopic (exact) mass is 332 g/mol. The predicted octanol–water partition coefficient (Wildman–Crippen LogP) is 1.13. The molecule has 0 saturated heterocycles. The number of ether oxygens (including phenoxy) is 2. The predicted molar refractivity (Wildman–Crippen MR) is 78.3 cm³/mol. The van der Waals surface area contributed by atoms with Crippen molar-refractivity contribution in [3.63, 3.8) is 0 Å². The van der Waals surface area contributed by atoms with Gasteiger partial charge in [-0.1, -0.05) is 11.6 Å². The Kier molecular flexibility index (Phi) is 4.00. The Morgan fingerprint density at radius 3 is 2.52 bits per heavy atom. The van der Waals surface area contributed by atoms with Crippen molar-refractivity contribution >= 4 is 21.6 Å². The van der Waals surface area contributed by atoms with Gasteiger partial charge in [0.1, 0.15) is 18.1 Å². The van der Waals surface area contributed by atoms with Gasteiger partial charge in [0.15, 0.2) is 11.5 Å². The maximum absolute atomic E-state index is 12.3. The molecule has 1 unspecified atom stereocenters. The van der Waals surface area contributed by atoms with Crippen molar-refractivity contribution in [3.8, 4) is 11.5 Å². The second-order valence-electron chi connectivity index (χ2n) is 5.28. The molecule has 116 valence electrons. The average Bonchev–Trinajstić information content (AvgIpc) is 3.28. The quantitative estimate of drug-likeness (QED) is 0.843. The topological polar surface area (TPSA) is 90.7 Å². The molecule has 1 aliphatic heterocycles. The highest BCUT2D eigenvalue weighted by atomic mass is 35.5. The number of halogens is 1. The lowest BCUT2D eigenvalue weighted by Crippen LogP contribution is -2.38. The summed E-state index contributed by atoms with van der Waals surface area (Å²) in [6.45, 7) is 1.01. The maximum atomic E-state index is 12.3. The van der Waals surface area contributed by atoms with E-state index in [9.17, 15) is 8.42 Å². The first-order valence-electron chi connectivity index (χ1n) is 6.82. The van der Waals surface area contributed by atoms with Crippen LogP contribution < -0.4 is 19.9 Å². The highest BCUT2D eigenvalue weighted by Crippen LogP contribution is 2.37. The van der Waals surface area contributed by atoms with Crippen molar-refractivity contribution in [2.75, 3.05) is 19.8 Å². The molecule has 0 bridgehead atoms. The van der Waals surface area contributed by atoms with E-state index in [-0.39, 0.29) is 22.5 Å². The van der Waals surface area contributed by atoms with Crippen LogP contribution in [0.15, 0.2) is 17.0 Å². The number of rotatable bonds is 5. The molecule has 2 aliphatic rings. The summed E-state index contributed by atoms with van der Waals surface area (Å²) in [6, 6.07) is 2.70. The van der Waals surface area contributed by atoms with Crippen molar-refractivity contribution in [2.24, 2.45) is 11.7 Å². The third-order valence-corrected chi connectivity index (χ3v) is 5.51. The Hall–Kier alpha value is -1.02. The Balaban J connectivity index is 1.80. The summed E-state index contributed by atoms with van der Waals surface area (Å²) in [4.78, 5) is -0.0172. The van der Waals surface area contributed by atoms with Crippen LogP contribution in [0.25, 0.3) is 0 Å². The fraction of sp³-hybridized carbons (Fsp3) is 0.538. The minimum Gasteiger partial charge on any atom is -0.486 e. The number of fused-ring (bicyclic) bond motifs is 1. The molecule has 1 saturated carbocycles. The Bertz CT molecular complexity index is 646. The molecule has 1 atom stereocenters. The third-order valence-electron chi connectivity index (χ3n) is 3.62. The molecule has 8 heteroatoms. The molecule has 1 aromatic rings. The van der Waals surface area contributed by atoms with Gasteiger partial charge in [0, 0.05) is 24.7 Å². The largest absolute Gasteiger partial charge is 0.486 e. The molecular weight excluding hydrogens is 316 g/mol. The van der Waals surface area contributed by atoms with Crippen molar-refractivity contribution in [1.82, 2.24) is 4.72 Å². The second-order valence-corrected chi connectivity index (χ2v) is 7.42. The summed E-state index contributed by atoms with van der Waals surface area (Å²) in [5, 5.41) is 0.103. The van der Waals surface area contributed by atoms with E-state index in [0.717, 1.165) is 12.8 Å². The summed E-state index contributed by atoms with van der Waals surface area (Å²) < 4.78 is 37.9. The van der Waals surface area contributed by atoms with E-state index in [1.807, 2.05) is 0 Å². The van der Waals surface area contributed by atoms with E-state index in [0.29, 0.717) is 30.6 Å². The van der Waals surface area contributed by atoms with Crippen LogP contribution in [-0.2, 0) is 10.0 Å². The minimum atomic E-state index is -3.72. The lowest BCUT2D eigenvalue weighted by atomic mass is 10.2. The molecular formula is C13H17ClN2O4S. The zero-order valence-electron chi connectivity index (χ0n) is 11.3. The van der Waals surface area contributed by atoms with Gasteiger partial charge in [-0.05, 0) is 18.8 Å². The molecule has 1 fully saturated rings. The number of nitrogens with two attached hydrogens (primary N) is 1. The standard InChI is InChI=1S/C13H17ClN2O4S/c14-9-5-11-12(20-4-3-19-11)6-13(9)21(17,18)16-7-10(15)8-1-2-8/h5-6,8,10,16H,1-4,7,15H2. The Labute approximate surface area is 128 Å². The number of benzene rings is 1. The van der Waals surface area contributed by atoms with E-state index in [2.05, 4.69) is 4.72 Å². The van der Waals surface area contributed by atoms with Gasteiger partial charge in [-0.15, -0.1) is 0 Å². The first-order chi connectivity index (χ1) is 9.97. The van der Waals surface area contributed by atoms with Crippen LogP contribution in [0.4, 0.5) is 0 Å². The molecule has 0 radical (unpaired) electrons. The molecule has 0 amide bonds. The lowest BCUT2D eigenvalue weighted by molar-refractivity contribution is 0.171. The molecule has 3 rings (SSSR count). The van der Waals surface area contributed by atoms with Crippen LogP contribution in [0.1, 0.15) is 12.8 Å². The van der Waals surface area contributed by atoms with Gasteiger partial charge in [-0.2, -0.15) is 0 Å². The molecule has 21 heavy (non-hydrogen) atoms. The van der Waals surface area contributed by atoms with Gasteiger partial charge in [-0.25, -0.2) is 13.1 Å². The number of hydrogen-bond acceptors (Lipinski definition) is 5. The lowest BCUT2D eigenvalue weighted by Gasteiger charge is -2.20. The van der Waals surface area contributed by atoms with E-state index in [4.69, 9.17) is 26.8 Å². The number of nitrogens with one attached hydrogen (secondary N) is 1. The smallest absolute Gasteiger partial charge is 0.242 e. The van der Waals surface area contributed by atoms with Crippen molar-refractivity contribution < 1.29 is 17.9 Å². The first kappa shape index (κ1) is 14.9. The molecule has 0 aromatic heterocycles. The van der Waals surface area contributed by atoms with E-state index in [1.165, 1.54) is 12.1 Å². The molecule has 3 N–H and O–H groups in total. The second kappa shape index (κ2) is 5.64. The fourth-order valence-corrected chi connectivity index (χ4v) is 3.83. The summed E-state index contributed by atoms with van der Waals surface area (Å²) in [7, 11) is -3.72. The number of hydrogen-bond donors (Lipinski definition) is 2. The van der Waals surface area contributed by atoms with Gasteiger partial charge < -0.3 is 15.2 Å². The van der Waals surface area contributed by atoms with E-state index in [1.54, 1.807) is 0 Å². The van der Waals surface area contributed by atoms with Crippen LogP contribution in [0.2, 0.25) is 5.02 Å². The van der Waals surface area contributed by atoms with Crippen molar-refractivity contribution in [1.29, 1.82) is 0 Å². The zero-order chi connectivity index (χ0) is 15.0. The van der Waals surface area contributed by atoms with E-state index < -0.39 is 10.0 Å². The van der Waals surface area contributed by atoms with Crippen molar-refractivity contribution in [2.45, 2.75) is 23.8 Å². The summed E-state index contributed by atoms with van der Waals surface area (Å²) in [5.41, 5.74) is 5.91. The van der Waals surface area contributed by atoms with Crippen LogP contribution >= 0.6 is 11.6 Å².